The molecule has 8 nitrogen and oxygen atoms in total. The van der Waals surface area contributed by atoms with E-state index in [4.69, 9.17) is 0 Å². The van der Waals surface area contributed by atoms with Crippen LogP contribution in [0, 0.1) is 6.92 Å². The molecule has 8 heteroatoms. The van der Waals surface area contributed by atoms with Crippen molar-refractivity contribution in [1.82, 2.24) is 20.6 Å². The minimum Gasteiger partial charge on any atom is -0.354 e. The summed E-state index contributed by atoms with van der Waals surface area (Å²) in [5, 5.41) is 23.9. The molecule has 0 aliphatic rings. The number of hydrogen-bond donors (Lipinski definition) is 4. The van der Waals surface area contributed by atoms with Crippen molar-refractivity contribution < 1.29 is 4.79 Å². The minimum atomic E-state index is -0.337. The van der Waals surface area contributed by atoms with Crippen LogP contribution in [0.25, 0.3) is 22.5 Å². The van der Waals surface area contributed by atoms with Crippen molar-refractivity contribution in [2.45, 2.75) is 33.1 Å². The Kier molecular flexibility index (Phi) is 7.10. The van der Waals surface area contributed by atoms with Gasteiger partial charge in [0.05, 0.1) is 11.4 Å². The van der Waals surface area contributed by atoms with Gasteiger partial charge in [-0.3, -0.25) is 0 Å². The van der Waals surface area contributed by atoms with Crippen molar-refractivity contribution in [2.75, 3.05) is 16.0 Å². The van der Waals surface area contributed by atoms with Crippen molar-refractivity contribution in [3.63, 3.8) is 0 Å². The second kappa shape index (κ2) is 10.8. The predicted octanol–water partition coefficient (Wildman–Crippen LogP) is 7.53. The molecule has 0 aliphatic carbocycles. The van der Waals surface area contributed by atoms with Crippen LogP contribution in [0.4, 0.5) is 27.5 Å². The Hall–Kier alpha value is -4.98. The molecular formula is C31H31N7O. The second-order valence-corrected chi connectivity index (χ2v) is 10.4. The van der Waals surface area contributed by atoms with Crippen molar-refractivity contribution in [1.29, 1.82) is 0 Å². The molecule has 1 heterocycles. The third kappa shape index (κ3) is 5.96. The lowest BCUT2D eigenvalue weighted by molar-refractivity contribution is 0.262. The fourth-order valence-corrected chi connectivity index (χ4v) is 4.45. The lowest BCUT2D eigenvalue weighted by Gasteiger charge is -2.24. The first-order valence-corrected chi connectivity index (χ1v) is 12.8. The van der Waals surface area contributed by atoms with E-state index < -0.39 is 0 Å². The number of anilines is 4. The van der Waals surface area contributed by atoms with Crippen LogP contribution in [0.1, 0.15) is 31.9 Å². The molecule has 2 amide bonds. The summed E-state index contributed by atoms with van der Waals surface area (Å²) in [5.41, 5.74) is 8.02. The number of para-hydroxylation sites is 1. The Morgan fingerprint density at radius 3 is 2.21 bits per heavy atom. The zero-order chi connectivity index (χ0) is 27.4. The Bertz CT molecular complexity index is 1590. The number of H-pyrrole nitrogens is 1. The highest BCUT2D eigenvalue weighted by Gasteiger charge is 2.19. The molecule has 0 radical (unpaired) electrons. The highest BCUT2D eigenvalue weighted by Crippen LogP contribution is 2.37. The van der Waals surface area contributed by atoms with Gasteiger partial charge >= 0.3 is 6.03 Å². The fraction of sp³-hybridized carbons (Fsp3) is 0.161. The summed E-state index contributed by atoms with van der Waals surface area (Å²) in [5.74, 6) is 0.568. The van der Waals surface area contributed by atoms with E-state index in [0.717, 1.165) is 33.6 Å². The van der Waals surface area contributed by atoms with Crippen molar-refractivity contribution >= 4 is 28.8 Å². The molecule has 0 spiro atoms. The van der Waals surface area contributed by atoms with Gasteiger partial charge in [-0.25, -0.2) is 9.89 Å². The van der Waals surface area contributed by atoms with Crippen LogP contribution in [-0.2, 0) is 5.41 Å². The Morgan fingerprint density at radius 2 is 1.49 bits per heavy atom. The van der Waals surface area contributed by atoms with Crippen LogP contribution in [-0.4, -0.2) is 26.7 Å². The maximum Gasteiger partial charge on any atom is 0.323 e. The van der Waals surface area contributed by atoms with E-state index in [9.17, 15) is 4.79 Å². The van der Waals surface area contributed by atoms with Gasteiger partial charge in [-0.15, -0.1) is 5.10 Å². The predicted molar refractivity (Wildman–Crippen MR) is 157 cm³/mol. The molecule has 0 atom stereocenters. The molecule has 0 saturated heterocycles. The molecule has 196 valence electrons. The number of amides is 2. The number of carbonyl (C=O) groups is 1. The van der Waals surface area contributed by atoms with Crippen LogP contribution in [0.15, 0.2) is 91.0 Å². The van der Waals surface area contributed by atoms with Gasteiger partial charge in [-0.1, -0.05) is 87.0 Å². The molecule has 0 unspecified atom stereocenters. The zero-order valence-electron chi connectivity index (χ0n) is 22.4. The van der Waals surface area contributed by atoms with Gasteiger partial charge < -0.3 is 16.0 Å². The zero-order valence-corrected chi connectivity index (χ0v) is 22.4. The van der Waals surface area contributed by atoms with Crippen LogP contribution in [0.5, 0.6) is 0 Å². The largest absolute Gasteiger partial charge is 0.354 e. The first-order chi connectivity index (χ1) is 18.8. The number of tetrazole rings is 1. The minimum absolute atomic E-state index is 0.0655. The average molecular weight is 518 g/mol. The summed E-state index contributed by atoms with van der Waals surface area (Å²) < 4.78 is 0. The van der Waals surface area contributed by atoms with Gasteiger partial charge in [-0.2, -0.15) is 0 Å². The summed E-state index contributed by atoms with van der Waals surface area (Å²) in [6.07, 6.45) is 0. The average Bonchev–Trinajstić information content (AvgIpc) is 3.46. The van der Waals surface area contributed by atoms with Gasteiger partial charge in [0.1, 0.15) is 0 Å². The fourth-order valence-electron chi connectivity index (χ4n) is 4.45. The Morgan fingerprint density at radius 1 is 0.769 bits per heavy atom. The molecule has 5 aromatic rings. The van der Waals surface area contributed by atoms with E-state index in [1.165, 1.54) is 5.56 Å². The van der Waals surface area contributed by atoms with Gasteiger partial charge in [0.15, 0.2) is 5.82 Å². The van der Waals surface area contributed by atoms with Crippen LogP contribution >= 0.6 is 0 Å². The first-order valence-electron chi connectivity index (χ1n) is 12.8. The summed E-state index contributed by atoms with van der Waals surface area (Å²) in [7, 11) is 0. The molecule has 4 aromatic carbocycles. The highest BCUT2D eigenvalue weighted by molar-refractivity contribution is 6.03. The molecule has 0 fully saturated rings. The van der Waals surface area contributed by atoms with Gasteiger partial charge in [0.25, 0.3) is 0 Å². The number of carbonyl (C=O) groups excluding carboxylic acids is 1. The summed E-state index contributed by atoms with van der Waals surface area (Å²) in [4.78, 5) is 13.1. The topological polar surface area (TPSA) is 108 Å². The van der Waals surface area contributed by atoms with Crippen LogP contribution in [0.3, 0.4) is 0 Å². The summed E-state index contributed by atoms with van der Waals surface area (Å²) in [6, 6.07) is 29.4. The molecular weight excluding hydrogens is 486 g/mol. The van der Waals surface area contributed by atoms with E-state index in [2.05, 4.69) is 69.5 Å². The van der Waals surface area contributed by atoms with Gasteiger partial charge in [-0.05, 0) is 69.8 Å². The number of aromatic nitrogens is 4. The van der Waals surface area contributed by atoms with Crippen molar-refractivity contribution in [3.8, 4) is 22.5 Å². The standard InChI is InChI=1S/C31H31N7O/c1-20-13-16-22(17-14-20)32-30(39)34-28-19-21(23-9-5-6-10-24(23)29-35-37-38-36-29)15-18-27(28)33-26-12-8-7-11-25(26)31(2,3)4/h5-19,33H,1-4H3,(H2,32,34,39)(H,35,36,37,38). The number of rotatable bonds is 6. The Balaban J connectivity index is 1.54. The third-order valence-corrected chi connectivity index (χ3v) is 6.42. The van der Waals surface area contributed by atoms with E-state index in [1.807, 2.05) is 85.8 Å². The number of aryl methyl sites for hydroxylation is 1. The number of nitrogens with zero attached hydrogens (tertiary/aromatic N) is 3. The quantitative estimate of drug-likeness (QED) is 0.186. The lowest BCUT2D eigenvalue weighted by atomic mass is 9.85. The van der Waals surface area contributed by atoms with Gasteiger partial charge in [0.2, 0.25) is 0 Å². The van der Waals surface area contributed by atoms with Crippen molar-refractivity contribution in [3.05, 3.63) is 102 Å². The molecule has 1 aromatic heterocycles. The summed E-state index contributed by atoms with van der Waals surface area (Å²) in [6.45, 7) is 8.55. The number of hydrogen-bond acceptors (Lipinski definition) is 5. The highest BCUT2D eigenvalue weighted by atomic mass is 16.2. The van der Waals surface area contributed by atoms with E-state index in [-0.39, 0.29) is 11.4 Å². The first kappa shape index (κ1) is 25.7. The van der Waals surface area contributed by atoms with Crippen molar-refractivity contribution in [2.24, 2.45) is 0 Å². The monoisotopic (exact) mass is 517 g/mol. The molecule has 0 bridgehead atoms. The smallest absolute Gasteiger partial charge is 0.323 e. The molecule has 4 N–H and O–H groups in total. The molecule has 5 rings (SSSR count). The SMILES string of the molecule is Cc1ccc(NC(=O)Nc2cc(-c3ccccc3-c3nnn[nH]3)ccc2Nc2ccccc2C(C)(C)C)cc1. The van der Waals surface area contributed by atoms with E-state index in [0.29, 0.717) is 17.2 Å². The van der Waals surface area contributed by atoms with E-state index >= 15 is 0 Å². The van der Waals surface area contributed by atoms with Crippen LogP contribution in [0.2, 0.25) is 0 Å². The lowest BCUT2D eigenvalue weighted by Crippen LogP contribution is -2.20. The normalized spacial score (nSPS) is 11.2. The van der Waals surface area contributed by atoms with E-state index in [1.54, 1.807) is 0 Å². The number of urea groups is 1. The number of aromatic amines is 1. The Labute approximate surface area is 227 Å². The molecule has 0 saturated carbocycles. The summed E-state index contributed by atoms with van der Waals surface area (Å²) >= 11 is 0. The van der Waals surface area contributed by atoms with Gasteiger partial charge in [0, 0.05) is 16.9 Å². The second-order valence-electron chi connectivity index (χ2n) is 10.4. The molecule has 39 heavy (non-hydrogen) atoms. The molecule has 0 aliphatic heterocycles. The number of benzene rings is 4. The number of nitrogens with one attached hydrogen (secondary N) is 4. The maximum absolute atomic E-state index is 13.1. The third-order valence-electron chi connectivity index (χ3n) is 6.42. The van der Waals surface area contributed by atoms with Crippen LogP contribution < -0.4 is 16.0 Å². The maximum atomic E-state index is 13.1.